The van der Waals surface area contributed by atoms with Gasteiger partial charge in [0.25, 0.3) is 0 Å². The second-order valence-electron chi connectivity index (χ2n) is 15.7. The fourth-order valence-corrected chi connectivity index (χ4v) is 12.9. The van der Waals surface area contributed by atoms with E-state index in [-0.39, 0.29) is 86.7 Å². The topological polar surface area (TPSA) is 150 Å². The van der Waals surface area contributed by atoms with Crippen LogP contribution < -0.4 is 59.1 Å². The maximum Gasteiger partial charge on any atom is 1.00 e. The summed E-state index contributed by atoms with van der Waals surface area (Å²) in [6.45, 7) is 12.6. The molecular weight excluding hydrogens is 614 g/mol. The van der Waals surface area contributed by atoms with E-state index in [2.05, 4.69) is 34.6 Å². The van der Waals surface area contributed by atoms with E-state index in [0.29, 0.717) is 55.1 Å². The van der Waals surface area contributed by atoms with E-state index in [1.807, 2.05) is 0 Å². The second kappa shape index (κ2) is 12.7. The van der Waals surface area contributed by atoms with Crippen molar-refractivity contribution in [1.82, 2.24) is 0 Å². The molecule has 5 aliphatic carbocycles. The molecular formula is C30H48Na2O9S2. The van der Waals surface area contributed by atoms with Gasteiger partial charge in [-0.05, 0) is 109 Å². The minimum atomic E-state index is -5.03. The summed E-state index contributed by atoms with van der Waals surface area (Å²) >= 11 is 0. The van der Waals surface area contributed by atoms with Gasteiger partial charge in [-0.1, -0.05) is 41.5 Å². The molecule has 2 spiro atoms. The second-order valence-corrected chi connectivity index (χ2v) is 17.7. The van der Waals surface area contributed by atoms with Crippen LogP contribution in [0, 0.1) is 56.7 Å². The Hall–Kier alpha value is 1.41. The largest absolute Gasteiger partial charge is 1.00 e. The number of carbonyl (C=O) groups excluding carboxylic acids is 1. The zero-order valence-corrected chi connectivity index (χ0v) is 33.1. The molecule has 0 bridgehead atoms. The first-order valence-corrected chi connectivity index (χ1v) is 18.2. The van der Waals surface area contributed by atoms with Crippen LogP contribution in [-0.2, 0) is 34.0 Å². The molecule has 43 heavy (non-hydrogen) atoms. The van der Waals surface area contributed by atoms with Gasteiger partial charge in [-0.15, -0.1) is 0 Å². The SMILES string of the molecule is CC(C)CC(=O)CC(C)[C@H]1CC[C@@]2(C)[C@@H]3CC[C@@H]4[C@](C)(COS(=O)(=O)[O-])[C@@H](OS(=O)(=O)[O-])CC[C@@]45C[C@@]35CC[C@]12C.[Na+].[Na+]. The number of hydrogen-bond acceptors (Lipinski definition) is 9. The minimum Gasteiger partial charge on any atom is -0.726 e. The monoisotopic (exact) mass is 662 g/mol. The van der Waals surface area contributed by atoms with Crippen molar-refractivity contribution in [2.24, 2.45) is 56.7 Å². The van der Waals surface area contributed by atoms with Crippen molar-refractivity contribution in [3.05, 3.63) is 0 Å². The molecule has 5 fully saturated rings. The molecule has 13 heteroatoms. The summed E-state index contributed by atoms with van der Waals surface area (Å²) in [6.07, 6.45) is 8.26. The summed E-state index contributed by atoms with van der Waals surface area (Å²) in [5.74, 6) is 1.91. The molecule has 0 saturated heterocycles. The Morgan fingerprint density at radius 1 is 0.791 bits per heavy atom. The molecule has 5 saturated carbocycles. The van der Waals surface area contributed by atoms with Gasteiger partial charge in [-0.3, -0.25) is 13.2 Å². The summed E-state index contributed by atoms with van der Waals surface area (Å²) in [6, 6.07) is 0. The van der Waals surface area contributed by atoms with E-state index < -0.39 is 38.9 Å². The van der Waals surface area contributed by atoms with E-state index in [4.69, 9.17) is 8.37 Å². The van der Waals surface area contributed by atoms with Crippen LogP contribution in [0.2, 0.25) is 0 Å². The number of Topliss-reactive ketones (excluding diaryl/α,β-unsaturated/α-hetero) is 1. The molecule has 0 aromatic heterocycles. The predicted molar refractivity (Wildman–Crippen MR) is 150 cm³/mol. The average Bonchev–Trinajstić information content (AvgIpc) is 3.40. The van der Waals surface area contributed by atoms with Gasteiger partial charge in [0.2, 0.25) is 20.8 Å². The van der Waals surface area contributed by atoms with Crippen LogP contribution in [0.5, 0.6) is 0 Å². The normalized spacial score (nSPS) is 44.1. The van der Waals surface area contributed by atoms with Gasteiger partial charge in [0, 0.05) is 18.3 Å². The van der Waals surface area contributed by atoms with Crippen molar-refractivity contribution in [2.75, 3.05) is 6.61 Å². The fourth-order valence-electron chi connectivity index (χ4n) is 11.9. The van der Waals surface area contributed by atoms with Crippen LogP contribution >= 0.6 is 0 Å². The molecule has 0 amide bonds. The molecule has 236 valence electrons. The maximum absolute atomic E-state index is 12.8. The van der Waals surface area contributed by atoms with Gasteiger partial charge in [0.15, 0.2) is 0 Å². The molecule has 5 rings (SSSR count). The molecule has 0 aromatic carbocycles. The first-order valence-electron chi connectivity index (χ1n) is 15.5. The van der Waals surface area contributed by atoms with Crippen molar-refractivity contribution in [2.45, 2.75) is 118 Å². The molecule has 9 nitrogen and oxygen atoms in total. The number of fused-ring (bicyclic) bond motifs is 2. The van der Waals surface area contributed by atoms with Gasteiger partial charge < -0.3 is 9.11 Å². The van der Waals surface area contributed by atoms with Crippen molar-refractivity contribution in [1.29, 1.82) is 0 Å². The molecule has 0 aromatic rings. The Morgan fingerprint density at radius 2 is 1.40 bits per heavy atom. The van der Waals surface area contributed by atoms with Crippen LogP contribution in [0.4, 0.5) is 0 Å². The zero-order chi connectivity index (χ0) is 30.4. The van der Waals surface area contributed by atoms with E-state index >= 15 is 0 Å². The van der Waals surface area contributed by atoms with Crippen molar-refractivity contribution in [3.8, 4) is 0 Å². The van der Waals surface area contributed by atoms with Gasteiger partial charge >= 0.3 is 59.1 Å². The number of hydrogen-bond donors (Lipinski definition) is 0. The van der Waals surface area contributed by atoms with Gasteiger partial charge in [0.05, 0.1) is 12.7 Å². The summed E-state index contributed by atoms with van der Waals surface area (Å²) in [5, 5.41) is 0. The van der Waals surface area contributed by atoms with E-state index in [9.17, 15) is 30.7 Å². The zero-order valence-electron chi connectivity index (χ0n) is 27.4. The standard InChI is InChI=1S/C30H50O9S2.2Na/c1-19(2)15-21(31)16-20(3)22-9-11-28(6)24-8-7-23-26(4,18-38-40(32,33)34)25(39-41(35,36)37)10-12-29(23)17-30(24,29)14-13-27(22,28)5;;/h19-20,22-25H,7-18H2,1-6H3,(H,32,33,34)(H,35,36,37);;/q;2*+1/p-2/t20?,22-,23-,24+,25+,26+,27-,28+,29-,30+;;/m1../s1. The third-order valence-corrected chi connectivity index (χ3v) is 14.4. The molecule has 10 atom stereocenters. The van der Waals surface area contributed by atoms with Crippen LogP contribution in [0.25, 0.3) is 0 Å². The van der Waals surface area contributed by atoms with Crippen LogP contribution in [0.1, 0.15) is 112 Å². The molecule has 0 heterocycles. The summed E-state index contributed by atoms with van der Waals surface area (Å²) in [7, 11) is -10.0. The van der Waals surface area contributed by atoms with Crippen LogP contribution in [0.3, 0.4) is 0 Å². The maximum atomic E-state index is 12.8. The van der Waals surface area contributed by atoms with Crippen molar-refractivity contribution < 1.29 is 98.2 Å². The predicted octanol–water partition coefficient (Wildman–Crippen LogP) is -0.623. The summed E-state index contributed by atoms with van der Waals surface area (Å²) in [4.78, 5) is 12.8. The number of carbonyl (C=O) groups is 1. The Bertz CT molecular complexity index is 1290. The Morgan fingerprint density at radius 3 is 1.98 bits per heavy atom. The number of ketones is 1. The molecule has 0 N–H and O–H groups in total. The van der Waals surface area contributed by atoms with Gasteiger partial charge in [0.1, 0.15) is 5.78 Å². The Kier molecular flexibility index (Phi) is 11.5. The third-order valence-electron chi connectivity index (χ3n) is 13.5. The molecule has 5 aliphatic rings. The van der Waals surface area contributed by atoms with Crippen LogP contribution in [0.15, 0.2) is 0 Å². The van der Waals surface area contributed by atoms with Gasteiger partial charge in [-0.25, -0.2) is 16.8 Å². The quantitative estimate of drug-likeness (QED) is 0.169. The first-order chi connectivity index (χ1) is 18.7. The third kappa shape index (κ3) is 6.45. The summed E-state index contributed by atoms with van der Waals surface area (Å²) < 4.78 is 79.2. The average molecular weight is 663 g/mol. The molecule has 1 unspecified atom stereocenters. The van der Waals surface area contributed by atoms with Crippen LogP contribution in [-0.4, -0.2) is 44.4 Å². The summed E-state index contributed by atoms with van der Waals surface area (Å²) in [5.41, 5.74) is -0.927. The van der Waals surface area contributed by atoms with Crippen molar-refractivity contribution in [3.63, 3.8) is 0 Å². The minimum absolute atomic E-state index is 0. The Balaban J connectivity index is 0.00000253. The van der Waals surface area contributed by atoms with E-state index in [0.717, 1.165) is 44.9 Å². The van der Waals surface area contributed by atoms with E-state index in [1.165, 1.54) is 0 Å². The molecule has 0 radical (unpaired) electrons. The smallest absolute Gasteiger partial charge is 0.726 e. The van der Waals surface area contributed by atoms with Crippen molar-refractivity contribution >= 4 is 26.6 Å². The first kappa shape index (κ1) is 38.9. The van der Waals surface area contributed by atoms with E-state index in [1.54, 1.807) is 6.92 Å². The Labute approximate surface area is 303 Å². The number of rotatable bonds is 10. The van der Waals surface area contributed by atoms with Gasteiger partial charge in [-0.2, -0.15) is 0 Å². The molecule has 0 aliphatic heterocycles. The fraction of sp³-hybridized carbons (Fsp3) is 0.967.